The minimum atomic E-state index is 0.772. The third-order valence-electron chi connectivity index (χ3n) is 1.69. The molecule has 0 saturated heterocycles. The van der Waals surface area contributed by atoms with E-state index < -0.39 is 0 Å². The zero-order chi connectivity index (χ0) is 9.52. The molecule has 1 rings (SSSR count). The van der Waals surface area contributed by atoms with Crippen molar-refractivity contribution >= 4 is 0 Å². The lowest BCUT2D eigenvalue weighted by atomic mass is 10.2. The van der Waals surface area contributed by atoms with Gasteiger partial charge in [-0.2, -0.15) is 0 Å². The van der Waals surface area contributed by atoms with Crippen LogP contribution in [0.4, 0.5) is 0 Å². The molecule has 13 heavy (non-hydrogen) atoms. The molecule has 0 amide bonds. The highest BCUT2D eigenvalue weighted by molar-refractivity contribution is 5.22. The lowest BCUT2D eigenvalue weighted by Gasteiger charge is -2.05. The molecule has 2 nitrogen and oxygen atoms in total. The third-order valence-corrected chi connectivity index (χ3v) is 1.69. The molecule has 0 N–H and O–H groups in total. The molecule has 0 aliphatic rings. The van der Waals surface area contributed by atoms with Crippen molar-refractivity contribution in [3.63, 3.8) is 0 Å². The summed E-state index contributed by atoms with van der Waals surface area (Å²) < 4.78 is 5.48. The molecule has 1 aromatic heterocycles. The smallest absolute Gasteiger partial charge is 0.122 e. The summed E-state index contributed by atoms with van der Waals surface area (Å²) in [5.41, 5.74) is 1.06. The number of aromatic nitrogens is 1. The Morgan fingerprint density at radius 1 is 1.54 bits per heavy atom. The highest BCUT2D eigenvalue weighted by atomic mass is 16.5. The molecule has 0 fully saturated rings. The van der Waals surface area contributed by atoms with Crippen LogP contribution in [0.15, 0.2) is 18.3 Å². The predicted molar refractivity (Wildman–Crippen MR) is 53.7 cm³/mol. The summed E-state index contributed by atoms with van der Waals surface area (Å²) in [5, 5.41) is 0. The van der Waals surface area contributed by atoms with Crippen LogP contribution in [0.1, 0.15) is 25.5 Å². The highest BCUT2D eigenvalue weighted by Gasteiger charge is 1.96. The molecule has 1 heterocycles. The van der Waals surface area contributed by atoms with Crippen LogP contribution >= 0.6 is 0 Å². The lowest BCUT2D eigenvalue weighted by molar-refractivity contribution is 0.316. The predicted octanol–water partition coefficient (Wildman–Crippen LogP) is 2.64. The summed E-state index contributed by atoms with van der Waals surface area (Å²) in [5.74, 6) is 0.917. The van der Waals surface area contributed by atoms with Crippen LogP contribution in [0.3, 0.4) is 0 Å². The second-order valence-corrected chi connectivity index (χ2v) is 2.93. The van der Waals surface area contributed by atoms with Gasteiger partial charge in [0.05, 0.1) is 6.61 Å². The summed E-state index contributed by atoms with van der Waals surface area (Å²) in [6.45, 7) is 6.66. The van der Waals surface area contributed by atoms with Crippen molar-refractivity contribution in [2.45, 2.75) is 26.2 Å². The number of hydrogen-bond acceptors (Lipinski definition) is 2. The average molecular weight is 178 g/mol. The van der Waals surface area contributed by atoms with Gasteiger partial charge in [-0.3, -0.25) is 4.98 Å². The Balaban J connectivity index is 2.56. The number of rotatable bonds is 5. The van der Waals surface area contributed by atoms with E-state index in [2.05, 4.69) is 18.8 Å². The van der Waals surface area contributed by atoms with Crippen LogP contribution < -0.4 is 4.74 Å². The van der Waals surface area contributed by atoms with E-state index in [0.29, 0.717) is 0 Å². The van der Waals surface area contributed by atoms with Crippen molar-refractivity contribution in [3.8, 4) is 5.75 Å². The second kappa shape index (κ2) is 5.57. The zero-order valence-corrected chi connectivity index (χ0v) is 8.12. The molecule has 0 spiro atoms. The molecular weight excluding hydrogens is 162 g/mol. The first kappa shape index (κ1) is 10.0. The first-order valence-electron chi connectivity index (χ1n) is 4.73. The summed E-state index contributed by atoms with van der Waals surface area (Å²) in [7, 11) is 0. The van der Waals surface area contributed by atoms with E-state index in [1.54, 1.807) is 6.20 Å². The van der Waals surface area contributed by atoms with Gasteiger partial charge >= 0.3 is 0 Å². The number of aryl methyl sites for hydroxylation is 1. The summed E-state index contributed by atoms with van der Waals surface area (Å²) in [6, 6.07) is 3.88. The lowest BCUT2D eigenvalue weighted by Crippen LogP contribution is -1.96. The van der Waals surface area contributed by atoms with Crippen molar-refractivity contribution in [2.75, 3.05) is 6.61 Å². The van der Waals surface area contributed by atoms with E-state index in [9.17, 15) is 0 Å². The van der Waals surface area contributed by atoms with Crippen molar-refractivity contribution in [2.24, 2.45) is 0 Å². The van der Waals surface area contributed by atoms with Gasteiger partial charge in [-0.15, -0.1) is 0 Å². The molecule has 0 aliphatic heterocycles. The first-order valence-corrected chi connectivity index (χ1v) is 4.73. The number of pyridine rings is 1. The van der Waals surface area contributed by atoms with Gasteiger partial charge in [0, 0.05) is 18.0 Å². The van der Waals surface area contributed by atoms with Crippen molar-refractivity contribution < 1.29 is 4.74 Å². The molecule has 71 valence electrons. The van der Waals surface area contributed by atoms with E-state index in [4.69, 9.17) is 4.74 Å². The monoisotopic (exact) mass is 178 g/mol. The Bertz CT molecular complexity index is 248. The number of hydrogen-bond donors (Lipinski definition) is 0. The fraction of sp³-hybridized carbons (Fsp3) is 0.455. The maximum Gasteiger partial charge on any atom is 0.122 e. The van der Waals surface area contributed by atoms with E-state index in [-0.39, 0.29) is 0 Å². The largest absolute Gasteiger partial charge is 0.493 e. The van der Waals surface area contributed by atoms with Crippen LogP contribution in [-0.2, 0) is 6.42 Å². The SMILES string of the molecule is [CH2]CCc1cc(OCCC)ccn1. The van der Waals surface area contributed by atoms with Crippen molar-refractivity contribution in [1.82, 2.24) is 4.98 Å². The minimum Gasteiger partial charge on any atom is -0.493 e. The standard InChI is InChI=1S/C11H16NO/c1-3-5-10-9-11(6-7-12-10)13-8-4-2/h6-7,9H,1,3-5,8H2,2H3. The molecule has 1 radical (unpaired) electrons. The van der Waals surface area contributed by atoms with Crippen LogP contribution in [0.25, 0.3) is 0 Å². The molecule has 0 unspecified atom stereocenters. The van der Waals surface area contributed by atoms with Crippen LogP contribution in [-0.4, -0.2) is 11.6 Å². The van der Waals surface area contributed by atoms with Gasteiger partial charge in [0.15, 0.2) is 0 Å². The fourth-order valence-electron chi connectivity index (χ4n) is 1.08. The van der Waals surface area contributed by atoms with Crippen LogP contribution in [0, 0.1) is 6.92 Å². The van der Waals surface area contributed by atoms with E-state index >= 15 is 0 Å². The van der Waals surface area contributed by atoms with Crippen LogP contribution in [0.2, 0.25) is 0 Å². The van der Waals surface area contributed by atoms with E-state index in [0.717, 1.165) is 37.3 Å². The van der Waals surface area contributed by atoms with Crippen molar-refractivity contribution in [1.29, 1.82) is 0 Å². The number of nitrogens with zero attached hydrogens (tertiary/aromatic N) is 1. The minimum absolute atomic E-state index is 0.772. The summed E-state index contributed by atoms with van der Waals surface area (Å²) in [4.78, 5) is 4.22. The van der Waals surface area contributed by atoms with Crippen LogP contribution in [0.5, 0.6) is 5.75 Å². The van der Waals surface area contributed by atoms with Gasteiger partial charge < -0.3 is 4.74 Å². The molecule has 0 aliphatic carbocycles. The first-order chi connectivity index (χ1) is 6.36. The van der Waals surface area contributed by atoms with Gasteiger partial charge in [0.2, 0.25) is 0 Å². The van der Waals surface area contributed by atoms with Gasteiger partial charge in [0.1, 0.15) is 5.75 Å². The molecule has 0 atom stereocenters. The molecule has 0 bridgehead atoms. The Morgan fingerprint density at radius 3 is 3.08 bits per heavy atom. The summed E-state index contributed by atoms with van der Waals surface area (Å²) in [6.07, 6.45) is 4.62. The molecule has 1 aromatic rings. The quantitative estimate of drug-likeness (QED) is 0.691. The Morgan fingerprint density at radius 2 is 2.38 bits per heavy atom. The number of ether oxygens (including phenoxy) is 1. The second-order valence-electron chi connectivity index (χ2n) is 2.93. The topological polar surface area (TPSA) is 22.1 Å². The molecule has 0 aromatic carbocycles. The van der Waals surface area contributed by atoms with Gasteiger partial charge in [-0.05, 0) is 25.3 Å². The highest BCUT2D eigenvalue weighted by Crippen LogP contribution is 2.12. The normalized spacial score (nSPS) is 10.0. The van der Waals surface area contributed by atoms with Crippen molar-refractivity contribution in [3.05, 3.63) is 30.9 Å². The van der Waals surface area contributed by atoms with Gasteiger partial charge in [0.25, 0.3) is 0 Å². The molecule has 2 heteroatoms. The molecular formula is C11H16NO. The Labute approximate surface area is 80.0 Å². The third kappa shape index (κ3) is 3.45. The maximum atomic E-state index is 5.48. The van der Waals surface area contributed by atoms with Gasteiger partial charge in [-0.25, -0.2) is 0 Å². The zero-order valence-electron chi connectivity index (χ0n) is 8.12. The van der Waals surface area contributed by atoms with E-state index in [1.807, 2.05) is 12.1 Å². The Hall–Kier alpha value is -1.05. The Kier molecular flexibility index (Phi) is 4.30. The summed E-state index contributed by atoms with van der Waals surface area (Å²) >= 11 is 0. The maximum absolute atomic E-state index is 5.48. The van der Waals surface area contributed by atoms with Gasteiger partial charge in [-0.1, -0.05) is 13.8 Å². The fourth-order valence-corrected chi connectivity index (χ4v) is 1.08. The van der Waals surface area contributed by atoms with E-state index in [1.165, 1.54) is 0 Å². The average Bonchev–Trinajstić information content (AvgIpc) is 2.16. The molecule has 0 saturated carbocycles.